The lowest BCUT2D eigenvalue weighted by atomic mass is 9.97. The average Bonchev–Trinajstić information content (AvgIpc) is 2.55. The molecule has 0 amide bonds. The number of aryl methyl sites for hydroxylation is 2. The summed E-state index contributed by atoms with van der Waals surface area (Å²) >= 11 is 0. The molecule has 2 rings (SSSR count). The summed E-state index contributed by atoms with van der Waals surface area (Å²) in [7, 11) is 3.55. The van der Waals surface area contributed by atoms with Crippen LogP contribution in [0.2, 0.25) is 0 Å². The van der Waals surface area contributed by atoms with Gasteiger partial charge in [-0.15, -0.1) is 0 Å². The van der Waals surface area contributed by atoms with Crippen molar-refractivity contribution in [3.63, 3.8) is 0 Å². The van der Waals surface area contributed by atoms with Crippen LogP contribution in [0.5, 0.6) is 5.75 Å². The summed E-state index contributed by atoms with van der Waals surface area (Å²) in [6.07, 6.45) is 2.51. The van der Waals surface area contributed by atoms with Crippen LogP contribution in [-0.2, 0) is 6.42 Å². The molecule has 128 valence electrons. The first-order valence-corrected chi connectivity index (χ1v) is 8.11. The maximum absolute atomic E-state index is 13.7. The number of methoxy groups -OCH3 is 1. The van der Waals surface area contributed by atoms with Gasteiger partial charge in [-0.3, -0.25) is 0 Å². The van der Waals surface area contributed by atoms with Gasteiger partial charge < -0.3 is 9.64 Å². The van der Waals surface area contributed by atoms with E-state index in [2.05, 4.69) is 31.0 Å². The highest BCUT2D eigenvalue weighted by Crippen LogP contribution is 2.26. The van der Waals surface area contributed by atoms with E-state index in [4.69, 9.17) is 4.74 Å². The molecular weight excluding hydrogens is 303 g/mol. The van der Waals surface area contributed by atoms with Crippen molar-refractivity contribution in [3.05, 3.63) is 58.4 Å². The minimum atomic E-state index is -0.275. The molecule has 0 aliphatic rings. The van der Waals surface area contributed by atoms with Crippen molar-refractivity contribution in [2.45, 2.75) is 27.2 Å². The molecule has 0 spiro atoms. The molecule has 0 fully saturated rings. The second-order valence-corrected chi connectivity index (χ2v) is 6.06. The van der Waals surface area contributed by atoms with Crippen molar-refractivity contribution < 1.29 is 9.13 Å². The van der Waals surface area contributed by atoms with E-state index in [1.54, 1.807) is 13.2 Å². The molecule has 2 aromatic carbocycles. The Morgan fingerprint density at radius 1 is 1.12 bits per heavy atom. The zero-order valence-electron chi connectivity index (χ0n) is 15.1. The minimum absolute atomic E-state index is 0.275. The molecule has 0 radical (unpaired) electrons. The largest absolute Gasteiger partial charge is 0.497 e. The number of hydrogen-bond donors (Lipinski definition) is 0. The molecule has 4 heteroatoms. The molecule has 0 aliphatic carbocycles. The van der Waals surface area contributed by atoms with Crippen molar-refractivity contribution in [1.82, 2.24) is 4.90 Å². The molecule has 0 aromatic heterocycles. The number of hydrogen-bond acceptors (Lipinski definition) is 2. The fraction of sp³-hybridized carbons (Fsp3) is 0.350. The highest BCUT2D eigenvalue weighted by atomic mass is 19.1. The van der Waals surface area contributed by atoms with E-state index in [0.29, 0.717) is 12.2 Å². The number of ether oxygens (including phenoxy) is 1. The zero-order chi connectivity index (χ0) is 17.7. The van der Waals surface area contributed by atoms with Crippen molar-refractivity contribution in [2.24, 2.45) is 4.99 Å². The fourth-order valence-electron chi connectivity index (χ4n) is 2.49. The fourth-order valence-corrected chi connectivity index (χ4v) is 2.49. The monoisotopic (exact) mass is 328 g/mol. The predicted molar refractivity (Wildman–Crippen MR) is 98.1 cm³/mol. The lowest BCUT2D eigenvalue weighted by Crippen LogP contribution is -2.14. The maximum Gasteiger partial charge on any atom is 0.127 e. The van der Waals surface area contributed by atoms with Gasteiger partial charge in [-0.05, 0) is 67.6 Å². The Morgan fingerprint density at radius 3 is 2.54 bits per heavy atom. The molecular formula is C20H25FN2O. The molecule has 24 heavy (non-hydrogen) atoms. The molecule has 0 bridgehead atoms. The Morgan fingerprint density at radius 2 is 1.88 bits per heavy atom. The van der Waals surface area contributed by atoms with Crippen LogP contribution >= 0.6 is 0 Å². The Bertz CT molecular complexity index is 741. The van der Waals surface area contributed by atoms with Gasteiger partial charge in [0.1, 0.15) is 11.6 Å². The standard InChI is InChI=1S/C20H25FN2O/c1-6-23(4)13-22-20-8-14(2)17(7-15(20)3)9-16-10-18(21)12-19(11-16)24-5/h7-8,10-13H,6,9H2,1-5H3. The summed E-state index contributed by atoms with van der Waals surface area (Å²) < 4.78 is 18.8. The van der Waals surface area contributed by atoms with Gasteiger partial charge in [-0.2, -0.15) is 0 Å². The molecule has 2 aromatic rings. The van der Waals surface area contributed by atoms with Gasteiger partial charge in [0.05, 0.1) is 19.1 Å². The Balaban J connectivity index is 2.28. The van der Waals surface area contributed by atoms with Crippen LogP contribution in [-0.4, -0.2) is 31.9 Å². The van der Waals surface area contributed by atoms with Crippen LogP contribution in [0.15, 0.2) is 35.3 Å². The highest BCUT2D eigenvalue weighted by molar-refractivity contribution is 5.64. The van der Waals surface area contributed by atoms with Gasteiger partial charge in [0.25, 0.3) is 0 Å². The van der Waals surface area contributed by atoms with Gasteiger partial charge in [0.2, 0.25) is 0 Å². The minimum Gasteiger partial charge on any atom is -0.497 e. The molecule has 0 heterocycles. The lowest BCUT2D eigenvalue weighted by Gasteiger charge is -2.12. The molecule has 0 N–H and O–H groups in total. The van der Waals surface area contributed by atoms with Crippen molar-refractivity contribution in [1.29, 1.82) is 0 Å². The Kier molecular flexibility index (Phi) is 5.96. The summed E-state index contributed by atoms with van der Waals surface area (Å²) in [5.41, 5.74) is 5.29. The molecule has 0 saturated carbocycles. The van der Waals surface area contributed by atoms with Crippen molar-refractivity contribution in [2.75, 3.05) is 20.7 Å². The SMILES string of the molecule is CCN(C)C=Nc1cc(C)c(Cc2cc(F)cc(OC)c2)cc1C. The van der Waals surface area contributed by atoms with Gasteiger partial charge in [0.15, 0.2) is 0 Å². The predicted octanol–water partition coefficient (Wildman–Crippen LogP) is 4.65. The van der Waals surface area contributed by atoms with Gasteiger partial charge in [-0.1, -0.05) is 6.07 Å². The second kappa shape index (κ2) is 7.95. The third-order valence-corrected chi connectivity index (χ3v) is 4.11. The topological polar surface area (TPSA) is 24.8 Å². The van der Waals surface area contributed by atoms with E-state index in [0.717, 1.165) is 28.9 Å². The molecule has 0 aliphatic heterocycles. The van der Waals surface area contributed by atoms with E-state index in [9.17, 15) is 4.39 Å². The summed E-state index contributed by atoms with van der Waals surface area (Å²) in [5.74, 6) is 0.269. The molecule has 0 atom stereocenters. The van der Waals surface area contributed by atoms with Crippen molar-refractivity contribution in [3.8, 4) is 5.75 Å². The number of halogens is 1. The first-order valence-electron chi connectivity index (χ1n) is 8.11. The quantitative estimate of drug-likeness (QED) is 0.569. The first kappa shape index (κ1) is 18.0. The van der Waals surface area contributed by atoms with E-state index in [-0.39, 0.29) is 5.82 Å². The third kappa shape index (κ3) is 4.57. The van der Waals surface area contributed by atoms with Crippen LogP contribution < -0.4 is 4.74 Å². The number of benzene rings is 2. The van der Waals surface area contributed by atoms with Crippen LogP contribution in [0.1, 0.15) is 29.2 Å². The normalized spacial score (nSPS) is 11.1. The average molecular weight is 328 g/mol. The van der Waals surface area contributed by atoms with Gasteiger partial charge in [-0.25, -0.2) is 9.38 Å². The van der Waals surface area contributed by atoms with E-state index in [1.807, 2.05) is 31.3 Å². The maximum atomic E-state index is 13.7. The Hall–Kier alpha value is -2.36. The molecule has 0 saturated heterocycles. The summed E-state index contributed by atoms with van der Waals surface area (Å²) in [6, 6.07) is 9.04. The number of aliphatic imine (C=N–C) groups is 1. The van der Waals surface area contributed by atoms with E-state index < -0.39 is 0 Å². The van der Waals surface area contributed by atoms with Gasteiger partial charge in [0, 0.05) is 19.7 Å². The summed E-state index contributed by atoms with van der Waals surface area (Å²) in [6.45, 7) is 7.11. The molecule has 0 unspecified atom stereocenters. The van der Waals surface area contributed by atoms with Crippen LogP contribution in [0.25, 0.3) is 0 Å². The smallest absolute Gasteiger partial charge is 0.127 e. The Labute approximate surface area is 143 Å². The van der Waals surface area contributed by atoms with Gasteiger partial charge >= 0.3 is 0 Å². The first-order chi connectivity index (χ1) is 11.4. The zero-order valence-corrected chi connectivity index (χ0v) is 15.1. The number of rotatable bonds is 6. The van der Waals surface area contributed by atoms with E-state index in [1.165, 1.54) is 11.6 Å². The third-order valence-electron chi connectivity index (χ3n) is 4.11. The van der Waals surface area contributed by atoms with Crippen LogP contribution in [0, 0.1) is 19.7 Å². The van der Waals surface area contributed by atoms with Crippen LogP contribution in [0.4, 0.5) is 10.1 Å². The van der Waals surface area contributed by atoms with Crippen LogP contribution in [0.3, 0.4) is 0 Å². The number of nitrogens with zero attached hydrogens (tertiary/aromatic N) is 2. The second-order valence-electron chi connectivity index (χ2n) is 6.06. The molecule has 3 nitrogen and oxygen atoms in total. The van der Waals surface area contributed by atoms with Crippen molar-refractivity contribution >= 4 is 12.0 Å². The van der Waals surface area contributed by atoms with E-state index >= 15 is 0 Å². The lowest BCUT2D eigenvalue weighted by molar-refractivity contribution is 0.410. The summed E-state index contributed by atoms with van der Waals surface area (Å²) in [5, 5.41) is 0. The summed E-state index contributed by atoms with van der Waals surface area (Å²) in [4.78, 5) is 6.58. The highest BCUT2D eigenvalue weighted by Gasteiger charge is 2.07.